The van der Waals surface area contributed by atoms with E-state index < -0.39 is 5.83 Å². The van der Waals surface area contributed by atoms with Crippen molar-refractivity contribution in [3.63, 3.8) is 0 Å². The number of rotatable bonds is 4. The smallest absolute Gasteiger partial charge is 0.252 e. The van der Waals surface area contributed by atoms with E-state index in [-0.39, 0.29) is 11.9 Å². The highest BCUT2D eigenvalue weighted by Gasteiger charge is 2.28. The number of hydrogen-bond acceptors (Lipinski definition) is 6. The Morgan fingerprint density at radius 2 is 2.09 bits per heavy atom. The van der Waals surface area contributed by atoms with E-state index in [9.17, 15) is 4.79 Å². The van der Waals surface area contributed by atoms with Gasteiger partial charge in [0.15, 0.2) is 0 Å². The third-order valence-corrected chi connectivity index (χ3v) is 6.31. The SMILES string of the molecule is CN1CCC[C@@H](n2nc(C3=C(F)C=C(C(=O)Nc4ccccn4)CC3)c3c(N)nccc32)C1. The summed E-state index contributed by atoms with van der Waals surface area (Å²) in [6.07, 6.45) is 7.36. The second-order valence-corrected chi connectivity index (χ2v) is 8.61. The first-order chi connectivity index (χ1) is 16.0. The number of nitrogens with zero attached hydrogens (tertiary/aromatic N) is 5. The van der Waals surface area contributed by atoms with Crippen molar-refractivity contribution in [3.8, 4) is 0 Å². The molecule has 0 unspecified atom stereocenters. The normalized spacial score (nSPS) is 19.6. The van der Waals surface area contributed by atoms with Crippen molar-refractivity contribution in [2.45, 2.75) is 31.7 Å². The van der Waals surface area contributed by atoms with Crippen LogP contribution >= 0.6 is 0 Å². The zero-order chi connectivity index (χ0) is 22.9. The number of fused-ring (bicyclic) bond motifs is 1. The molecule has 0 radical (unpaired) electrons. The molecule has 2 aliphatic rings. The van der Waals surface area contributed by atoms with Gasteiger partial charge in [-0.15, -0.1) is 0 Å². The molecule has 8 nitrogen and oxygen atoms in total. The highest BCUT2D eigenvalue weighted by Crippen LogP contribution is 2.38. The first-order valence-electron chi connectivity index (χ1n) is 11.1. The molecule has 0 bridgehead atoms. The van der Waals surface area contributed by atoms with Crippen LogP contribution in [-0.2, 0) is 4.79 Å². The minimum atomic E-state index is -0.469. The lowest BCUT2D eigenvalue weighted by Gasteiger charge is -2.30. The molecule has 1 fully saturated rings. The summed E-state index contributed by atoms with van der Waals surface area (Å²) in [5.74, 6) is -0.0618. The van der Waals surface area contributed by atoms with Crippen LogP contribution in [0, 0.1) is 0 Å². The molecule has 3 aromatic rings. The Hall–Kier alpha value is -3.59. The molecule has 1 aliphatic carbocycles. The van der Waals surface area contributed by atoms with E-state index >= 15 is 4.39 Å². The minimum Gasteiger partial charge on any atom is -0.383 e. The number of pyridine rings is 2. The predicted molar refractivity (Wildman–Crippen MR) is 126 cm³/mol. The predicted octanol–water partition coefficient (Wildman–Crippen LogP) is 3.71. The van der Waals surface area contributed by atoms with Crippen LogP contribution in [-0.4, -0.2) is 50.7 Å². The molecule has 9 heteroatoms. The number of anilines is 2. The zero-order valence-electron chi connectivity index (χ0n) is 18.5. The summed E-state index contributed by atoms with van der Waals surface area (Å²) in [7, 11) is 2.10. The van der Waals surface area contributed by atoms with Crippen molar-refractivity contribution in [1.82, 2.24) is 24.6 Å². The van der Waals surface area contributed by atoms with Crippen LogP contribution in [0.15, 0.2) is 54.1 Å². The molecule has 1 aliphatic heterocycles. The van der Waals surface area contributed by atoms with Gasteiger partial charge in [-0.2, -0.15) is 5.10 Å². The van der Waals surface area contributed by atoms with E-state index in [2.05, 4.69) is 27.2 Å². The summed E-state index contributed by atoms with van der Waals surface area (Å²) in [6.45, 7) is 1.93. The van der Waals surface area contributed by atoms with Crippen LogP contribution in [0.5, 0.6) is 0 Å². The first-order valence-corrected chi connectivity index (χ1v) is 11.1. The standard InChI is InChI=1S/C24H26FN7O/c1-31-12-4-5-16(14-31)32-19-9-11-28-23(26)21(19)22(30-32)17-8-7-15(13-18(17)25)24(33)29-20-6-2-3-10-27-20/h2-3,6,9-11,13,16H,4-5,7-8,12,14H2,1H3,(H2,26,28)(H,27,29,33)/t16-/m1/s1. The van der Waals surface area contributed by atoms with Crippen molar-refractivity contribution in [2.24, 2.45) is 0 Å². The van der Waals surface area contributed by atoms with E-state index in [0.717, 1.165) is 31.4 Å². The topological polar surface area (TPSA) is 102 Å². The maximum atomic E-state index is 15.3. The number of likely N-dealkylation sites (N-methyl/N-ethyl adjacent to an activating group) is 1. The average Bonchev–Trinajstić information content (AvgIpc) is 3.20. The second-order valence-electron chi connectivity index (χ2n) is 8.61. The molecule has 33 heavy (non-hydrogen) atoms. The summed E-state index contributed by atoms with van der Waals surface area (Å²) < 4.78 is 17.3. The van der Waals surface area contributed by atoms with Gasteiger partial charge in [-0.1, -0.05) is 6.07 Å². The Balaban J connectivity index is 1.51. The molecule has 1 atom stereocenters. The molecule has 0 spiro atoms. The van der Waals surface area contributed by atoms with Gasteiger partial charge < -0.3 is 16.0 Å². The monoisotopic (exact) mass is 447 g/mol. The lowest BCUT2D eigenvalue weighted by atomic mass is 9.93. The van der Waals surface area contributed by atoms with Gasteiger partial charge in [-0.25, -0.2) is 14.4 Å². The Morgan fingerprint density at radius 1 is 1.21 bits per heavy atom. The van der Waals surface area contributed by atoms with Gasteiger partial charge in [-0.3, -0.25) is 9.48 Å². The quantitative estimate of drug-likeness (QED) is 0.632. The summed E-state index contributed by atoms with van der Waals surface area (Å²) in [6, 6.07) is 7.31. The van der Waals surface area contributed by atoms with Crippen molar-refractivity contribution >= 4 is 34.0 Å². The highest BCUT2D eigenvalue weighted by molar-refractivity contribution is 6.05. The Morgan fingerprint density at radius 3 is 2.85 bits per heavy atom. The number of nitrogens with one attached hydrogen (secondary N) is 1. The molecule has 5 rings (SSSR count). The summed E-state index contributed by atoms with van der Waals surface area (Å²) in [4.78, 5) is 23.2. The van der Waals surface area contributed by atoms with Gasteiger partial charge in [0.05, 0.1) is 16.9 Å². The number of nitrogens with two attached hydrogens (primary N) is 1. The lowest BCUT2D eigenvalue weighted by Crippen LogP contribution is -2.34. The Labute approximate surface area is 191 Å². The molecule has 1 amide bonds. The summed E-state index contributed by atoms with van der Waals surface area (Å²) in [5, 5.41) is 8.24. The van der Waals surface area contributed by atoms with Gasteiger partial charge in [-0.05, 0) is 63.6 Å². The van der Waals surface area contributed by atoms with Gasteiger partial charge in [0, 0.05) is 30.1 Å². The Kier molecular flexibility index (Phi) is 5.63. The molecule has 170 valence electrons. The number of nitrogen functional groups attached to an aromatic ring is 1. The number of carbonyl (C=O) groups excluding carboxylic acids is 1. The number of allylic oxidation sites excluding steroid dienone is 3. The lowest BCUT2D eigenvalue weighted by molar-refractivity contribution is -0.113. The van der Waals surface area contributed by atoms with Crippen LogP contribution in [0.4, 0.5) is 16.0 Å². The fourth-order valence-corrected chi connectivity index (χ4v) is 4.68. The second kappa shape index (κ2) is 8.74. The maximum Gasteiger partial charge on any atom is 0.252 e. The molecular formula is C24H26FN7O. The summed E-state index contributed by atoms with van der Waals surface area (Å²) in [5.41, 5.74) is 8.43. The number of hydrogen-bond donors (Lipinski definition) is 2. The van der Waals surface area contributed by atoms with E-state index in [0.29, 0.717) is 46.7 Å². The number of likely N-dealkylation sites (tertiary alicyclic amines) is 1. The fourth-order valence-electron chi connectivity index (χ4n) is 4.68. The van der Waals surface area contributed by atoms with Crippen LogP contribution in [0.2, 0.25) is 0 Å². The van der Waals surface area contributed by atoms with E-state index in [1.54, 1.807) is 30.6 Å². The van der Waals surface area contributed by atoms with Crippen LogP contribution in [0.25, 0.3) is 16.5 Å². The van der Waals surface area contributed by atoms with E-state index in [1.165, 1.54) is 6.08 Å². The van der Waals surface area contributed by atoms with Gasteiger partial charge in [0.1, 0.15) is 23.2 Å². The largest absolute Gasteiger partial charge is 0.383 e. The zero-order valence-corrected chi connectivity index (χ0v) is 18.5. The number of carbonyl (C=O) groups is 1. The van der Waals surface area contributed by atoms with E-state index in [4.69, 9.17) is 10.8 Å². The van der Waals surface area contributed by atoms with Crippen LogP contribution in [0.3, 0.4) is 0 Å². The molecule has 1 saturated heterocycles. The van der Waals surface area contributed by atoms with Crippen molar-refractivity contribution in [1.29, 1.82) is 0 Å². The van der Waals surface area contributed by atoms with Crippen molar-refractivity contribution in [2.75, 3.05) is 31.2 Å². The fraction of sp³-hybridized carbons (Fsp3) is 0.333. The third kappa shape index (κ3) is 4.11. The maximum absolute atomic E-state index is 15.3. The van der Waals surface area contributed by atoms with Crippen molar-refractivity contribution < 1.29 is 9.18 Å². The number of aromatic nitrogens is 4. The van der Waals surface area contributed by atoms with E-state index in [1.807, 2.05) is 10.7 Å². The molecule has 3 aromatic heterocycles. The molecular weight excluding hydrogens is 421 g/mol. The minimum absolute atomic E-state index is 0.185. The molecule has 4 heterocycles. The van der Waals surface area contributed by atoms with Crippen molar-refractivity contribution in [3.05, 3.63) is 59.8 Å². The number of halogens is 1. The van der Waals surface area contributed by atoms with Crippen LogP contribution in [0.1, 0.15) is 37.4 Å². The number of amides is 1. The third-order valence-electron chi connectivity index (χ3n) is 6.31. The summed E-state index contributed by atoms with van der Waals surface area (Å²) >= 11 is 0. The highest BCUT2D eigenvalue weighted by atomic mass is 19.1. The molecule has 3 N–H and O–H groups in total. The Bertz CT molecular complexity index is 1260. The van der Waals surface area contributed by atoms with Crippen LogP contribution < -0.4 is 11.1 Å². The van der Waals surface area contributed by atoms with Gasteiger partial charge in [0.25, 0.3) is 5.91 Å². The molecule has 0 saturated carbocycles. The first kappa shape index (κ1) is 21.3. The number of piperidine rings is 1. The molecule has 0 aromatic carbocycles. The van der Waals surface area contributed by atoms with Gasteiger partial charge >= 0.3 is 0 Å². The van der Waals surface area contributed by atoms with Gasteiger partial charge in [0.2, 0.25) is 0 Å². The average molecular weight is 448 g/mol.